The second-order valence-corrected chi connectivity index (χ2v) is 12.4. The minimum Gasteiger partial charge on any atom is -0.455 e. The number of rotatable bonds is 8. The molecule has 1 saturated carbocycles. The van der Waals surface area contributed by atoms with Crippen LogP contribution in [0.1, 0.15) is 25.3 Å². The van der Waals surface area contributed by atoms with Crippen LogP contribution >= 0.6 is 11.3 Å². The number of aromatic nitrogens is 2. The van der Waals surface area contributed by atoms with E-state index in [2.05, 4.69) is 20.4 Å². The molecule has 3 aromatic carbocycles. The van der Waals surface area contributed by atoms with E-state index >= 15 is 0 Å². The van der Waals surface area contributed by atoms with E-state index < -0.39 is 23.5 Å². The summed E-state index contributed by atoms with van der Waals surface area (Å²) in [6, 6.07) is 14.7. The molecule has 41 heavy (non-hydrogen) atoms. The second-order valence-electron chi connectivity index (χ2n) is 11.4. The maximum absolute atomic E-state index is 14.7. The first-order valence-electron chi connectivity index (χ1n) is 13.6. The Balaban J connectivity index is 1.14. The van der Waals surface area contributed by atoms with Gasteiger partial charge in [0.15, 0.2) is 5.75 Å². The number of aromatic amines is 1. The lowest BCUT2D eigenvalue weighted by molar-refractivity contribution is -0.0999. The van der Waals surface area contributed by atoms with Crippen LogP contribution in [0.3, 0.4) is 0 Å². The van der Waals surface area contributed by atoms with Crippen LogP contribution in [0.2, 0.25) is 0 Å². The zero-order chi connectivity index (χ0) is 28.4. The predicted molar refractivity (Wildman–Crippen MR) is 154 cm³/mol. The molecule has 2 N–H and O–H groups in total. The van der Waals surface area contributed by atoms with Crippen LogP contribution in [0.15, 0.2) is 60.8 Å². The lowest BCUT2D eigenvalue weighted by atomic mass is 9.62. The highest BCUT2D eigenvalue weighted by Gasteiger charge is 2.52. The van der Waals surface area contributed by atoms with E-state index in [0.717, 1.165) is 65.8 Å². The van der Waals surface area contributed by atoms with Crippen molar-refractivity contribution in [3.8, 4) is 21.9 Å². The first kappa shape index (κ1) is 26.3. The molecule has 5 aromatic rings. The van der Waals surface area contributed by atoms with Gasteiger partial charge in [0.1, 0.15) is 17.7 Å². The molecule has 1 aliphatic heterocycles. The van der Waals surface area contributed by atoms with E-state index in [0.29, 0.717) is 29.2 Å². The van der Waals surface area contributed by atoms with Gasteiger partial charge in [0.25, 0.3) is 5.92 Å². The van der Waals surface area contributed by atoms with Gasteiger partial charge in [0.2, 0.25) is 0 Å². The minimum atomic E-state index is -3.26. The Morgan fingerprint density at radius 1 is 1.10 bits per heavy atom. The second kappa shape index (κ2) is 9.73. The molecule has 5 nitrogen and oxygen atoms in total. The number of anilines is 1. The van der Waals surface area contributed by atoms with Gasteiger partial charge in [0, 0.05) is 70.8 Å². The minimum absolute atomic E-state index is 0.224. The van der Waals surface area contributed by atoms with Crippen LogP contribution < -0.4 is 10.1 Å². The highest BCUT2D eigenvalue weighted by atomic mass is 32.1. The van der Waals surface area contributed by atoms with E-state index in [1.165, 1.54) is 23.5 Å². The Kier molecular flexibility index (Phi) is 6.24. The maximum Gasteiger partial charge on any atom is 0.271 e. The van der Waals surface area contributed by atoms with E-state index in [1.54, 1.807) is 6.20 Å². The number of halogens is 4. The quantitative estimate of drug-likeness (QED) is 0.181. The Hall–Kier alpha value is -3.63. The number of alkyl halides is 3. The van der Waals surface area contributed by atoms with E-state index in [9.17, 15) is 17.6 Å². The van der Waals surface area contributed by atoms with Crippen molar-refractivity contribution in [2.45, 2.75) is 31.9 Å². The van der Waals surface area contributed by atoms with Crippen LogP contribution in [-0.4, -0.2) is 47.4 Å². The number of nitrogens with zero attached hydrogens (tertiary/aromatic N) is 2. The lowest BCUT2D eigenvalue weighted by Crippen LogP contribution is -2.63. The summed E-state index contributed by atoms with van der Waals surface area (Å²) in [6.07, 6.45) is 2.49. The molecule has 3 heterocycles. The third-order valence-electron chi connectivity index (χ3n) is 8.19. The van der Waals surface area contributed by atoms with Crippen molar-refractivity contribution >= 4 is 38.0 Å². The highest BCUT2D eigenvalue weighted by molar-refractivity contribution is 7.23. The molecule has 10 heteroatoms. The van der Waals surface area contributed by atoms with Gasteiger partial charge in [-0.3, -0.25) is 5.10 Å². The van der Waals surface area contributed by atoms with Gasteiger partial charge < -0.3 is 15.0 Å². The SMILES string of the molecule is CC(F)(F)c1cc(F)ccc1-c1sc2c(ccc3[nH]ncc32)c1Oc1ccc(NCCN2CC3(CC(F)C3)C2)cc1. The zero-order valence-electron chi connectivity index (χ0n) is 22.3. The number of benzene rings is 3. The predicted octanol–water partition coefficient (Wildman–Crippen LogP) is 8.33. The number of thiophene rings is 1. The number of H-pyrrole nitrogens is 1. The Labute approximate surface area is 238 Å². The van der Waals surface area contributed by atoms with Gasteiger partial charge in [0.05, 0.1) is 16.6 Å². The Morgan fingerprint density at radius 3 is 2.61 bits per heavy atom. The average molecular weight is 581 g/mol. The number of nitrogens with one attached hydrogen (secondary N) is 2. The average Bonchev–Trinajstić information content (AvgIpc) is 3.52. The first-order chi connectivity index (χ1) is 19.7. The van der Waals surface area contributed by atoms with E-state index in [-0.39, 0.29) is 11.0 Å². The van der Waals surface area contributed by atoms with Gasteiger partial charge >= 0.3 is 0 Å². The highest BCUT2D eigenvalue weighted by Crippen LogP contribution is 2.51. The number of fused-ring (bicyclic) bond motifs is 3. The summed E-state index contributed by atoms with van der Waals surface area (Å²) in [6.45, 7) is 4.39. The normalized spacial score (nSPS) is 17.2. The monoisotopic (exact) mass is 580 g/mol. The summed E-state index contributed by atoms with van der Waals surface area (Å²) in [7, 11) is 0. The maximum atomic E-state index is 14.7. The molecule has 2 fully saturated rings. The molecule has 0 atom stereocenters. The summed E-state index contributed by atoms with van der Waals surface area (Å²) in [5.74, 6) is -3.00. The summed E-state index contributed by atoms with van der Waals surface area (Å²) in [4.78, 5) is 2.84. The summed E-state index contributed by atoms with van der Waals surface area (Å²) in [5.41, 5.74) is 1.81. The fourth-order valence-electron chi connectivity index (χ4n) is 6.22. The fourth-order valence-corrected chi connectivity index (χ4v) is 7.50. The van der Waals surface area contributed by atoms with Crippen molar-refractivity contribution in [3.05, 3.63) is 72.2 Å². The molecular weight excluding hydrogens is 552 g/mol. The van der Waals surface area contributed by atoms with Crippen molar-refractivity contribution in [2.24, 2.45) is 5.41 Å². The van der Waals surface area contributed by atoms with Crippen molar-refractivity contribution in [1.82, 2.24) is 15.1 Å². The zero-order valence-corrected chi connectivity index (χ0v) is 23.1. The summed E-state index contributed by atoms with van der Waals surface area (Å²) >= 11 is 1.32. The van der Waals surface area contributed by atoms with Crippen molar-refractivity contribution in [1.29, 1.82) is 0 Å². The van der Waals surface area contributed by atoms with Gasteiger partial charge in [-0.2, -0.15) is 5.10 Å². The number of likely N-dealkylation sites (tertiary alicyclic amines) is 1. The smallest absolute Gasteiger partial charge is 0.271 e. The molecule has 212 valence electrons. The van der Waals surface area contributed by atoms with Gasteiger partial charge in [-0.05, 0) is 61.4 Å². The molecule has 0 bridgehead atoms. The van der Waals surface area contributed by atoms with Gasteiger partial charge in [-0.15, -0.1) is 11.3 Å². The van der Waals surface area contributed by atoms with E-state index in [4.69, 9.17) is 4.74 Å². The van der Waals surface area contributed by atoms with Crippen LogP contribution in [0.25, 0.3) is 31.4 Å². The third-order valence-corrected chi connectivity index (χ3v) is 9.44. The summed E-state index contributed by atoms with van der Waals surface area (Å²) in [5, 5.41) is 12.1. The van der Waals surface area contributed by atoms with Crippen molar-refractivity contribution in [3.63, 3.8) is 0 Å². The molecule has 1 aliphatic carbocycles. The van der Waals surface area contributed by atoms with Crippen LogP contribution in [0.5, 0.6) is 11.5 Å². The summed E-state index contributed by atoms with van der Waals surface area (Å²) < 4.78 is 63.8. The van der Waals surface area contributed by atoms with E-state index in [1.807, 2.05) is 36.4 Å². The molecule has 7 rings (SSSR count). The van der Waals surface area contributed by atoms with Crippen molar-refractivity contribution in [2.75, 3.05) is 31.5 Å². The lowest BCUT2D eigenvalue weighted by Gasteiger charge is -2.57. The molecule has 2 aliphatic rings. The number of hydrogen-bond donors (Lipinski definition) is 2. The van der Waals surface area contributed by atoms with Crippen LogP contribution in [0.4, 0.5) is 23.2 Å². The first-order valence-corrected chi connectivity index (χ1v) is 14.4. The molecule has 1 spiro atoms. The Bertz CT molecular complexity index is 1730. The van der Waals surface area contributed by atoms with Crippen LogP contribution in [0, 0.1) is 11.2 Å². The molecule has 0 unspecified atom stereocenters. The molecular formula is C31H28F4N4OS. The third kappa shape index (κ3) is 4.82. The molecule has 2 aromatic heterocycles. The molecule has 0 radical (unpaired) electrons. The van der Waals surface area contributed by atoms with Gasteiger partial charge in [-0.25, -0.2) is 17.6 Å². The van der Waals surface area contributed by atoms with Crippen molar-refractivity contribution < 1.29 is 22.3 Å². The standard InChI is InChI=1S/C31H28F4N4OS/c1-30(34,35)25-12-18(32)2-7-22(25)29-27(23-8-9-26-24(15-37-38-26)28(23)41-29)40-21-5-3-20(4-6-21)36-10-11-39-16-31(17-39)13-19(33)14-31/h2-9,12,15,19,36H,10-11,13-14,16-17H2,1H3,(H,37,38). The number of ether oxygens (including phenoxy) is 1. The largest absolute Gasteiger partial charge is 0.455 e. The molecule has 0 amide bonds. The Morgan fingerprint density at radius 2 is 1.88 bits per heavy atom. The molecule has 1 saturated heterocycles. The fraction of sp³-hybridized carbons (Fsp3) is 0.323. The van der Waals surface area contributed by atoms with Crippen LogP contribution in [-0.2, 0) is 5.92 Å². The topological polar surface area (TPSA) is 53.2 Å². The van der Waals surface area contributed by atoms with Gasteiger partial charge in [-0.1, -0.05) is 6.07 Å². The number of hydrogen-bond acceptors (Lipinski definition) is 5.